The SMILES string of the molecule is CCOC(=O)CCc1c(O)cccc1N(Cc1ccccc1)Cc1ccccc1. The second-order valence-electron chi connectivity index (χ2n) is 6.91. The van der Waals surface area contributed by atoms with Gasteiger partial charge < -0.3 is 14.7 Å². The third kappa shape index (κ3) is 5.85. The number of esters is 1. The Morgan fingerprint density at radius 2 is 1.45 bits per heavy atom. The van der Waals surface area contributed by atoms with E-state index in [0.29, 0.717) is 26.1 Å². The maximum absolute atomic E-state index is 11.9. The number of carbonyl (C=O) groups is 1. The van der Waals surface area contributed by atoms with Crippen molar-refractivity contribution >= 4 is 11.7 Å². The molecule has 0 amide bonds. The molecule has 0 saturated heterocycles. The molecular formula is C25H27NO3. The van der Waals surface area contributed by atoms with Crippen LogP contribution in [0.3, 0.4) is 0 Å². The number of hydrogen-bond donors (Lipinski definition) is 1. The Morgan fingerprint density at radius 3 is 2.00 bits per heavy atom. The molecule has 4 nitrogen and oxygen atoms in total. The van der Waals surface area contributed by atoms with E-state index in [2.05, 4.69) is 29.2 Å². The van der Waals surface area contributed by atoms with Crippen LogP contribution in [0.2, 0.25) is 0 Å². The third-order valence-electron chi connectivity index (χ3n) is 4.78. The van der Waals surface area contributed by atoms with Crippen LogP contribution in [0.15, 0.2) is 78.9 Å². The smallest absolute Gasteiger partial charge is 0.306 e. The molecule has 3 aromatic rings. The van der Waals surface area contributed by atoms with Gasteiger partial charge in [-0.05, 0) is 36.6 Å². The average molecular weight is 389 g/mol. The predicted octanol–water partition coefficient (Wildman–Crippen LogP) is 5.09. The first-order valence-corrected chi connectivity index (χ1v) is 9.96. The molecule has 0 unspecified atom stereocenters. The van der Waals surface area contributed by atoms with Crippen molar-refractivity contribution in [3.63, 3.8) is 0 Å². The molecule has 0 aromatic heterocycles. The fraction of sp³-hybridized carbons (Fsp3) is 0.240. The maximum atomic E-state index is 11.9. The molecule has 0 aliphatic rings. The zero-order valence-corrected chi connectivity index (χ0v) is 16.8. The zero-order chi connectivity index (χ0) is 20.5. The van der Waals surface area contributed by atoms with E-state index in [1.165, 1.54) is 11.1 Å². The number of aromatic hydroxyl groups is 1. The molecule has 3 aromatic carbocycles. The van der Waals surface area contributed by atoms with E-state index in [4.69, 9.17) is 4.74 Å². The fourth-order valence-electron chi connectivity index (χ4n) is 3.41. The number of nitrogens with zero attached hydrogens (tertiary/aromatic N) is 1. The van der Waals surface area contributed by atoms with Gasteiger partial charge in [0.25, 0.3) is 0 Å². The monoisotopic (exact) mass is 389 g/mol. The van der Waals surface area contributed by atoms with Gasteiger partial charge in [-0.1, -0.05) is 66.7 Å². The highest BCUT2D eigenvalue weighted by Crippen LogP contribution is 2.32. The summed E-state index contributed by atoms with van der Waals surface area (Å²) in [7, 11) is 0. The van der Waals surface area contributed by atoms with Crippen LogP contribution in [0.25, 0.3) is 0 Å². The van der Waals surface area contributed by atoms with Crippen LogP contribution in [0.1, 0.15) is 30.0 Å². The molecule has 0 bridgehead atoms. The van der Waals surface area contributed by atoms with Gasteiger partial charge in [0.1, 0.15) is 5.75 Å². The second-order valence-corrected chi connectivity index (χ2v) is 6.91. The number of phenols is 1. The number of ether oxygens (including phenoxy) is 1. The van der Waals surface area contributed by atoms with Gasteiger partial charge in [0.15, 0.2) is 0 Å². The molecule has 29 heavy (non-hydrogen) atoms. The minimum atomic E-state index is -0.251. The Labute approximate surface area is 172 Å². The molecule has 0 aliphatic carbocycles. The Morgan fingerprint density at radius 1 is 0.862 bits per heavy atom. The van der Waals surface area contributed by atoms with Crippen LogP contribution in [0.4, 0.5) is 5.69 Å². The molecule has 0 fully saturated rings. The van der Waals surface area contributed by atoms with Crippen LogP contribution >= 0.6 is 0 Å². The predicted molar refractivity (Wildman–Crippen MR) is 116 cm³/mol. The van der Waals surface area contributed by atoms with E-state index in [-0.39, 0.29) is 18.1 Å². The summed E-state index contributed by atoms with van der Waals surface area (Å²) >= 11 is 0. The van der Waals surface area contributed by atoms with Crippen molar-refractivity contribution in [2.24, 2.45) is 0 Å². The summed E-state index contributed by atoms with van der Waals surface area (Å²) in [5.41, 5.74) is 4.07. The van der Waals surface area contributed by atoms with Gasteiger partial charge in [0.05, 0.1) is 6.61 Å². The van der Waals surface area contributed by atoms with E-state index in [9.17, 15) is 9.90 Å². The molecule has 0 radical (unpaired) electrons. The standard InChI is InChI=1S/C25H27NO3/c1-2-29-25(28)17-16-22-23(14-9-15-24(22)27)26(18-20-10-5-3-6-11-20)19-21-12-7-4-8-13-21/h3-15,27H,2,16-19H2,1H3. The van der Waals surface area contributed by atoms with Gasteiger partial charge >= 0.3 is 5.97 Å². The lowest BCUT2D eigenvalue weighted by Crippen LogP contribution is -2.23. The van der Waals surface area contributed by atoms with Crippen molar-refractivity contribution < 1.29 is 14.6 Å². The minimum absolute atomic E-state index is 0.206. The third-order valence-corrected chi connectivity index (χ3v) is 4.78. The van der Waals surface area contributed by atoms with Crippen LogP contribution in [0, 0.1) is 0 Å². The topological polar surface area (TPSA) is 49.8 Å². The minimum Gasteiger partial charge on any atom is -0.508 e. The van der Waals surface area contributed by atoms with Gasteiger partial charge in [-0.25, -0.2) is 0 Å². The van der Waals surface area contributed by atoms with Gasteiger partial charge in [-0.2, -0.15) is 0 Å². The summed E-state index contributed by atoms with van der Waals surface area (Å²) < 4.78 is 5.06. The highest BCUT2D eigenvalue weighted by molar-refractivity contribution is 5.71. The summed E-state index contributed by atoms with van der Waals surface area (Å²) in [6.07, 6.45) is 0.670. The van der Waals surface area contributed by atoms with Crippen LogP contribution in [0.5, 0.6) is 5.75 Å². The molecule has 0 atom stereocenters. The van der Waals surface area contributed by atoms with Gasteiger partial charge in [0.2, 0.25) is 0 Å². The van der Waals surface area contributed by atoms with Crippen molar-refractivity contribution in [2.45, 2.75) is 32.9 Å². The van der Waals surface area contributed by atoms with Crippen LogP contribution in [-0.2, 0) is 29.0 Å². The largest absolute Gasteiger partial charge is 0.508 e. The Balaban J connectivity index is 1.91. The van der Waals surface area contributed by atoms with E-state index in [0.717, 1.165) is 11.3 Å². The molecular weight excluding hydrogens is 362 g/mol. The first kappa shape index (κ1) is 20.5. The molecule has 0 spiro atoms. The van der Waals surface area contributed by atoms with E-state index in [1.54, 1.807) is 13.0 Å². The van der Waals surface area contributed by atoms with Crippen molar-refractivity contribution in [3.8, 4) is 5.75 Å². The van der Waals surface area contributed by atoms with Crippen molar-refractivity contribution in [1.29, 1.82) is 0 Å². The van der Waals surface area contributed by atoms with Gasteiger partial charge in [-0.3, -0.25) is 4.79 Å². The van der Waals surface area contributed by atoms with E-state index >= 15 is 0 Å². The fourth-order valence-corrected chi connectivity index (χ4v) is 3.41. The normalized spacial score (nSPS) is 10.5. The summed E-state index contributed by atoms with van der Waals surface area (Å²) in [4.78, 5) is 14.1. The molecule has 0 heterocycles. The van der Waals surface area contributed by atoms with Gasteiger partial charge in [-0.15, -0.1) is 0 Å². The molecule has 0 aliphatic heterocycles. The quantitative estimate of drug-likeness (QED) is 0.518. The van der Waals surface area contributed by atoms with Crippen molar-refractivity contribution in [2.75, 3.05) is 11.5 Å². The number of carbonyl (C=O) groups excluding carboxylic acids is 1. The summed E-state index contributed by atoms with van der Waals surface area (Å²) in [5.74, 6) is -0.0442. The van der Waals surface area contributed by atoms with Crippen molar-refractivity contribution in [3.05, 3.63) is 95.6 Å². The second kappa shape index (κ2) is 10.3. The molecule has 150 valence electrons. The Kier molecular flexibility index (Phi) is 7.28. The molecule has 0 saturated carbocycles. The summed E-state index contributed by atoms with van der Waals surface area (Å²) in [5, 5.41) is 10.5. The van der Waals surface area contributed by atoms with E-state index < -0.39 is 0 Å². The highest BCUT2D eigenvalue weighted by atomic mass is 16.5. The lowest BCUT2D eigenvalue weighted by molar-refractivity contribution is -0.143. The molecule has 1 N–H and O–H groups in total. The highest BCUT2D eigenvalue weighted by Gasteiger charge is 2.17. The first-order valence-electron chi connectivity index (χ1n) is 9.96. The number of rotatable bonds is 9. The first-order chi connectivity index (χ1) is 14.2. The number of benzene rings is 3. The molecule has 4 heteroatoms. The number of anilines is 1. The summed E-state index contributed by atoms with van der Waals surface area (Å²) in [6.45, 7) is 3.56. The average Bonchev–Trinajstić information content (AvgIpc) is 2.74. The Bertz CT molecular complexity index is 868. The Hall–Kier alpha value is -3.27. The van der Waals surface area contributed by atoms with Crippen LogP contribution in [-0.4, -0.2) is 17.7 Å². The maximum Gasteiger partial charge on any atom is 0.306 e. The molecule has 3 rings (SSSR count). The van der Waals surface area contributed by atoms with Crippen LogP contribution < -0.4 is 4.90 Å². The number of hydrogen-bond acceptors (Lipinski definition) is 4. The zero-order valence-electron chi connectivity index (χ0n) is 16.8. The lowest BCUT2D eigenvalue weighted by Gasteiger charge is -2.28. The van der Waals surface area contributed by atoms with Crippen molar-refractivity contribution in [1.82, 2.24) is 0 Å². The summed E-state index contributed by atoms with van der Waals surface area (Å²) in [6, 6.07) is 26.0. The van der Waals surface area contributed by atoms with E-state index in [1.807, 2.05) is 48.5 Å². The van der Waals surface area contributed by atoms with Gasteiger partial charge in [0, 0.05) is 30.8 Å². The number of phenolic OH excluding ortho intramolecular Hbond substituents is 1. The lowest BCUT2D eigenvalue weighted by atomic mass is 10.0.